The molecule has 2 unspecified atom stereocenters. The van der Waals surface area contributed by atoms with Crippen molar-refractivity contribution in [3.8, 4) is 17.6 Å². The molecule has 0 fully saturated rings. The maximum Gasteiger partial charge on any atom is 0.142 e. The van der Waals surface area contributed by atoms with Gasteiger partial charge in [0.1, 0.15) is 23.7 Å². The molecule has 0 amide bonds. The highest BCUT2D eigenvalue weighted by molar-refractivity contribution is 5.44. The maximum absolute atomic E-state index is 9.16. The summed E-state index contributed by atoms with van der Waals surface area (Å²) < 4.78 is 11.4. The van der Waals surface area contributed by atoms with Crippen molar-refractivity contribution in [1.29, 1.82) is 5.26 Å². The van der Waals surface area contributed by atoms with Gasteiger partial charge in [0.15, 0.2) is 0 Å². The summed E-state index contributed by atoms with van der Waals surface area (Å²) in [5, 5.41) is 9.16. The van der Waals surface area contributed by atoms with E-state index in [1.54, 1.807) is 25.3 Å². The van der Waals surface area contributed by atoms with Gasteiger partial charge in [-0.05, 0) is 25.1 Å². The highest BCUT2D eigenvalue weighted by atomic mass is 16.5. The van der Waals surface area contributed by atoms with Crippen molar-refractivity contribution in [2.45, 2.75) is 19.1 Å². The standard InChI is InChI=1S/C17H18N2O2/c1-12(19)17(14-8-4-6-10-16(14)20-2)21-15-9-5-3-7-13(15)11-18/h3-10,12,17H,19H2,1-2H3. The Balaban J connectivity index is 2.39. The number of nitrogens with zero attached hydrogens (tertiary/aromatic N) is 1. The molecule has 0 aliphatic carbocycles. The summed E-state index contributed by atoms with van der Waals surface area (Å²) in [7, 11) is 1.61. The number of rotatable bonds is 5. The minimum atomic E-state index is -0.393. The molecule has 2 rings (SSSR count). The van der Waals surface area contributed by atoms with Crippen molar-refractivity contribution in [1.82, 2.24) is 0 Å². The molecule has 0 saturated heterocycles. The van der Waals surface area contributed by atoms with Gasteiger partial charge in [0.2, 0.25) is 0 Å². The fraction of sp³-hybridized carbons (Fsp3) is 0.235. The summed E-state index contributed by atoms with van der Waals surface area (Å²) in [6, 6.07) is 16.6. The lowest BCUT2D eigenvalue weighted by Crippen LogP contribution is -2.29. The minimum absolute atomic E-state index is 0.256. The van der Waals surface area contributed by atoms with Crippen LogP contribution in [0.25, 0.3) is 0 Å². The molecule has 4 heteroatoms. The smallest absolute Gasteiger partial charge is 0.142 e. The van der Waals surface area contributed by atoms with Crippen LogP contribution in [-0.4, -0.2) is 13.2 Å². The Morgan fingerprint density at radius 3 is 2.29 bits per heavy atom. The topological polar surface area (TPSA) is 68.3 Å². The molecular formula is C17H18N2O2. The molecule has 0 bridgehead atoms. The van der Waals surface area contributed by atoms with E-state index in [4.69, 9.17) is 20.5 Å². The van der Waals surface area contributed by atoms with Gasteiger partial charge in [0.05, 0.1) is 12.7 Å². The van der Waals surface area contributed by atoms with Crippen LogP contribution in [0, 0.1) is 11.3 Å². The lowest BCUT2D eigenvalue weighted by molar-refractivity contribution is 0.175. The number of para-hydroxylation sites is 2. The largest absolute Gasteiger partial charge is 0.496 e. The number of nitrogens with two attached hydrogens (primary N) is 1. The first-order valence-corrected chi connectivity index (χ1v) is 6.71. The van der Waals surface area contributed by atoms with Crippen molar-refractivity contribution in [3.63, 3.8) is 0 Å². The van der Waals surface area contributed by atoms with Crippen molar-refractivity contribution >= 4 is 0 Å². The summed E-state index contributed by atoms with van der Waals surface area (Å²) in [5.74, 6) is 1.24. The summed E-state index contributed by atoms with van der Waals surface area (Å²) in [6.45, 7) is 1.87. The fourth-order valence-corrected chi connectivity index (χ4v) is 2.15. The molecular weight excluding hydrogens is 264 g/mol. The van der Waals surface area contributed by atoms with Crippen LogP contribution in [0.4, 0.5) is 0 Å². The second-order valence-corrected chi connectivity index (χ2v) is 4.75. The van der Waals surface area contributed by atoms with Gasteiger partial charge < -0.3 is 15.2 Å². The molecule has 2 atom stereocenters. The highest BCUT2D eigenvalue weighted by Gasteiger charge is 2.22. The van der Waals surface area contributed by atoms with E-state index < -0.39 is 6.10 Å². The van der Waals surface area contributed by atoms with Crippen molar-refractivity contribution in [2.75, 3.05) is 7.11 Å². The molecule has 2 aromatic carbocycles. The van der Waals surface area contributed by atoms with Crippen molar-refractivity contribution in [3.05, 3.63) is 59.7 Å². The Labute approximate surface area is 124 Å². The lowest BCUT2D eigenvalue weighted by atomic mass is 10.0. The zero-order valence-corrected chi connectivity index (χ0v) is 12.1. The van der Waals surface area contributed by atoms with Crippen LogP contribution in [0.2, 0.25) is 0 Å². The van der Waals surface area contributed by atoms with Crippen LogP contribution < -0.4 is 15.2 Å². The summed E-state index contributed by atoms with van der Waals surface area (Å²) >= 11 is 0. The van der Waals surface area contributed by atoms with E-state index in [0.29, 0.717) is 17.1 Å². The SMILES string of the molecule is COc1ccccc1C(Oc1ccccc1C#N)C(C)N. The monoisotopic (exact) mass is 282 g/mol. The first-order valence-electron chi connectivity index (χ1n) is 6.71. The molecule has 2 aromatic rings. The van der Waals surface area contributed by atoms with Gasteiger partial charge in [-0.15, -0.1) is 0 Å². The molecule has 108 valence electrons. The van der Waals surface area contributed by atoms with E-state index in [2.05, 4.69) is 6.07 Å². The molecule has 0 aromatic heterocycles. The third kappa shape index (κ3) is 3.33. The summed E-state index contributed by atoms with van der Waals surface area (Å²) in [5.41, 5.74) is 7.42. The first kappa shape index (κ1) is 14.9. The van der Waals surface area contributed by atoms with Gasteiger partial charge in [-0.1, -0.05) is 30.3 Å². The van der Waals surface area contributed by atoms with Crippen LogP contribution >= 0.6 is 0 Å². The summed E-state index contributed by atoms with van der Waals surface area (Å²) in [4.78, 5) is 0. The third-order valence-corrected chi connectivity index (χ3v) is 3.18. The highest BCUT2D eigenvalue weighted by Crippen LogP contribution is 2.32. The zero-order valence-electron chi connectivity index (χ0n) is 12.1. The van der Waals surface area contributed by atoms with Gasteiger partial charge >= 0.3 is 0 Å². The molecule has 0 aliphatic rings. The van der Waals surface area contributed by atoms with Crippen LogP contribution in [0.1, 0.15) is 24.2 Å². The number of hydrogen-bond acceptors (Lipinski definition) is 4. The van der Waals surface area contributed by atoms with Crippen molar-refractivity contribution < 1.29 is 9.47 Å². The third-order valence-electron chi connectivity index (χ3n) is 3.18. The molecule has 4 nitrogen and oxygen atoms in total. The fourth-order valence-electron chi connectivity index (χ4n) is 2.15. The van der Waals surface area contributed by atoms with E-state index >= 15 is 0 Å². The number of hydrogen-bond donors (Lipinski definition) is 1. The Kier molecular flexibility index (Phi) is 4.81. The van der Waals surface area contributed by atoms with Gasteiger partial charge in [0.25, 0.3) is 0 Å². The number of methoxy groups -OCH3 is 1. The molecule has 0 radical (unpaired) electrons. The Morgan fingerprint density at radius 1 is 1.05 bits per heavy atom. The van der Waals surface area contributed by atoms with Gasteiger partial charge in [-0.2, -0.15) is 5.26 Å². The van der Waals surface area contributed by atoms with Crippen LogP contribution in [0.15, 0.2) is 48.5 Å². The second-order valence-electron chi connectivity index (χ2n) is 4.75. The maximum atomic E-state index is 9.16. The van der Waals surface area contributed by atoms with Crippen LogP contribution in [0.5, 0.6) is 11.5 Å². The Hall–Kier alpha value is -2.51. The normalized spacial score (nSPS) is 13.0. The summed E-state index contributed by atoms with van der Waals surface area (Å²) in [6.07, 6.45) is -0.393. The van der Waals surface area contributed by atoms with Gasteiger partial charge in [0, 0.05) is 11.6 Å². The Bertz CT molecular complexity index is 647. The van der Waals surface area contributed by atoms with E-state index in [0.717, 1.165) is 5.56 Å². The zero-order chi connectivity index (χ0) is 15.2. The number of ether oxygens (including phenoxy) is 2. The number of nitriles is 1. The van der Waals surface area contributed by atoms with Gasteiger partial charge in [-0.3, -0.25) is 0 Å². The average Bonchev–Trinajstić information content (AvgIpc) is 2.52. The van der Waals surface area contributed by atoms with E-state index in [9.17, 15) is 0 Å². The van der Waals surface area contributed by atoms with E-state index in [1.807, 2.05) is 37.3 Å². The van der Waals surface area contributed by atoms with Gasteiger partial charge in [-0.25, -0.2) is 0 Å². The first-order chi connectivity index (χ1) is 10.2. The lowest BCUT2D eigenvalue weighted by Gasteiger charge is -2.25. The average molecular weight is 282 g/mol. The minimum Gasteiger partial charge on any atom is -0.496 e. The Morgan fingerprint density at radius 2 is 1.67 bits per heavy atom. The molecule has 0 spiro atoms. The molecule has 0 saturated carbocycles. The molecule has 0 heterocycles. The molecule has 21 heavy (non-hydrogen) atoms. The quantitative estimate of drug-likeness (QED) is 0.915. The van der Waals surface area contributed by atoms with E-state index in [-0.39, 0.29) is 6.04 Å². The second kappa shape index (κ2) is 6.78. The van der Waals surface area contributed by atoms with Crippen molar-refractivity contribution in [2.24, 2.45) is 5.73 Å². The molecule has 2 N–H and O–H groups in total. The molecule has 0 aliphatic heterocycles. The predicted octanol–water partition coefficient (Wildman–Crippen LogP) is 3.03. The van der Waals surface area contributed by atoms with Crippen LogP contribution in [0.3, 0.4) is 0 Å². The number of benzene rings is 2. The van der Waals surface area contributed by atoms with E-state index in [1.165, 1.54) is 0 Å². The van der Waals surface area contributed by atoms with Crippen LogP contribution in [-0.2, 0) is 0 Å². The predicted molar refractivity (Wildman–Crippen MR) is 81.2 cm³/mol.